The highest BCUT2D eigenvalue weighted by atomic mass is 35.5. The quantitative estimate of drug-likeness (QED) is 0.00311. The Morgan fingerprint density at radius 1 is 0.730 bits per heavy atom. The molecule has 7 saturated heterocycles. The largest absolute Gasteiger partial charge is 0.508 e. The van der Waals surface area contributed by atoms with E-state index in [1.807, 2.05) is 46.3 Å². The Kier molecular flexibility index (Phi) is 40.9. The summed E-state index contributed by atoms with van der Waals surface area (Å²) >= 11 is 10.9. The number of hydrogen-bond donors (Lipinski definition) is 16. The van der Waals surface area contributed by atoms with Crippen LogP contribution in [0.2, 0.25) is 0 Å². The number of aromatic hydroxyl groups is 1. The first-order chi connectivity index (χ1) is 70.1. The van der Waals surface area contributed by atoms with Gasteiger partial charge in [0.25, 0.3) is 5.91 Å². The molecule has 11 aliphatic rings. The monoisotopic (exact) mass is 2230 g/mol. The van der Waals surface area contributed by atoms with E-state index in [0.29, 0.717) is 22.3 Å². The van der Waals surface area contributed by atoms with Gasteiger partial charge >= 0.3 is 43.2 Å². The number of aliphatic hydroxyl groups is 6. The van der Waals surface area contributed by atoms with Crippen molar-refractivity contribution >= 4 is 134 Å². The van der Waals surface area contributed by atoms with Crippen molar-refractivity contribution in [3.05, 3.63) is 124 Å². The number of aryl methyl sites for hydroxylation is 1. The number of carbonyl (C=O) groups is 6. The SMILES string of the molecule is C=C(OC)C(=O)Nc1cc(OC)c(OC)cc1C(=O)OC1CC(OC2C(=O)C(NC(=O)OC)=C3/C(=C\CSSSC)C2(O)C#C/C=C\C#CC3OC2OC(C)C(NOC3CC(O)C(SC)C(C)O3)C(O)C2OC2CC(OC)C(NC(C)C)CO2)OC(C)C1O.CN[C@H]1[C@@H](O[C@@H]2/C3=C/C#C[C@H]4O[C@@]4([C@H]4COC(=O)O4)C#CC3=C[C@H]2OC(=O)c2c(O)ccc3c(C)cc(OC)cc23)O[C@H](C)[C@H](O)[C@@H]1O.O=P(O)(O)C(Cl)(Cl)P(=O)(O)O. The first-order valence-corrected chi connectivity index (χ1v) is 55.1. The number of phenols is 1. The van der Waals surface area contributed by atoms with E-state index in [-0.39, 0.29) is 106 Å². The number of ketones is 1. The average molecular weight is 2230 g/mol. The predicted octanol–water partition coefficient (Wildman–Crippen LogP) is 5.23. The van der Waals surface area contributed by atoms with Gasteiger partial charge in [0.1, 0.15) is 72.5 Å². The van der Waals surface area contributed by atoms with E-state index in [0.717, 1.165) is 18.1 Å². The average Bonchev–Trinajstić information content (AvgIpc) is 1.73. The highest BCUT2D eigenvalue weighted by Gasteiger charge is 2.66. The number of cyclic esters (lactones) is 2. The number of anilines is 1. The van der Waals surface area contributed by atoms with Crippen LogP contribution in [0.15, 0.2) is 107 Å². The molecule has 29 atom stereocenters. The number of carbonyl (C=O) groups excluding carboxylic acids is 6. The van der Waals surface area contributed by atoms with Gasteiger partial charge in [0.2, 0.25) is 11.4 Å². The predicted molar refractivity (Wildman–Crippen MR) is 534 cm³/mol. The number of phenolic OH excluding ortho intramolecular Hbond substituents is 1. The number of benzene rings is 3. The molecule has 3 aromatic carbocycles. The van der Waals surface area contributed by atoms with Crippen molar-refractivity contribution in [3.8, 4) is 70.4 Å². The zero-order valence-electron chi connectivity index (χ0n) is 82.5. The van der Waals surface area contributed by atoms with E-state index >= 15 is 4.79 Å². The van der Waals surface area contributed by atoms with Crippen LogP contribution in [0.3, 0.4) is 0 Å². The number of allylic oxidation sites excluding steroid dienone is 3. The highest BCUT2D eigenvalue weighted by Crippen LogP contribution is 2.73. The van der Waals surface area contributed by atoms with Crippen LogP contribution in [0.25, 0.3) is 10.8 Å². The Morgan fingerprint density at radius 2 is 1.42 bits per heavy atom. The molecule has 2 bridgehead atoms. The van der Waals surface area contributed by atoms with Gasteiger partial charge in [0.15, 0.2) is 78.7 Å². The van der Waals surface area contributed by atoms with Crippen LogP contribution in [0.1, 0.15) is 87.1 Å². The Bertz CT molecular complexity index is 5910. The van der Waals surface area contributed by atoms with Crippen molar-refractivity contribution in [2.45, 2.75) is 253 Å². The molecule has 148 heavy (non-hydrogen) atoms. The molecule has 2 amide bonds. The number of aliphatic hydroxyl groups excluding tert-OH is 5. The fraction of sp³-hybridized carbons (Fsp3) is 0.558. The molecular weight excluding hydrogens is 2110 g/mol. The topological polar surface area (TPSA) is 616 Å². The maximum absolute atomic E-state index is 15.6. The summed E-state index contributed by atoms with van der Waals surface area (Å²) in [6.45, 7) is 16.1. The molecule has 0 radical (unpaired) electrons. The van der Waals surface area contributed by atoms with Crippen LogP contribution < -0.4 is 41.0 Å². The smallest absolute Gasteiger partial charge is 0.507 e. The van der Waals surface area contributed by atoms with E-state index < -0.39 is 226 Å². The molecule has 16 N–H and O–H groups in total. The van der Waals surface area contributed by atoms with Gasteiger partial charge in [-0.15, -0.1) is 0 Å². The van der Waals surface area contributed by atoms with E-state index in [1.54, 1.807) is 58.4 Å². The lowest BCUT2D eigenvalue weighted by Crippen LogP contribution is -2.65. The fourth-order valence-electron chi connectivity index (χ4n) is 17.5. The van der Waals surface area contributed by atoms with Gasteiger partial charge in [-0.2, -0.15) is 17.2 Å². The van der Waals surface area contributed by atoms with Gasteiger partial charge in [-0.1, -0.05) is 125 Å². The maximum Gasteiger partial charge on any atom is 0.508 e. The van der Waals surface area contributed by atoms with E-state index in [1.165, 1.54) is 109 Å². The summed E-state index contributed by atoms with van der Waals surface area (Å²) in [6.07, 6.45) is -17.3. The molecule has 810 valence electrons. The molecule has 45 nitrogen and oxygen atoms in total. The second-order valence-corrected chi connectivity index (χ2v) is 46.8. The molecule has 19 unspecified atom stereocenters. The number of Topliss-reactive ketones (excluding diaryl/α,β-unsaturated/α-hetero) is 1. The van der Waals surface area contributed by atoms with Crippen LogP contribution in [0.5, 0.6) is 23.0 Å². The molecule has 4 aliphatic carbocycles. The minimum atomic E-state index is -5.22. The van der Waals surface area contributed by atoms with Crippen molar-refractivity contribution in [1.29, 1.82) is 0 Å². The Morgan fingerprint density at radius 3 is 2.05 bits per heavy atom. The lowest BCUT2D eigenvalue weighted by Gasteiger charge is -2.47. The number of amides is 2. The molecule has 14 rings (SSSR count). The number of hydroxylamine groups is 1. The normalized spacial score (nSPS) is 33.4. The van der Waals surface area contributed by atoms with Gasteiger partial charge < -0.3 is 166 Å². The number of methoxy groups -OCH3 is 6. The number of rotatable bonds is 34. The fourth-order valence-corrected chi connectivity index (χ4v) is 22.1. The Balaban J connectivity index is 0.000000272. The van der Waals surface area contributed by atoms with Crippen LogP contribution in [0, 0.1) is 54.3 Å². The number of fused-ring (bicyclic) bond motifs is 5. The third-order valence-corrected chi connectivity index (χ3v) is 35.7. The number of hydrogen-bond acceptors (Lipinski definition) is 43. The van der Waals surface area contributed by atoms with Gasteiger partial charge in [-0.05, 0) is 117 Å². The highest BCUT2D eigenvalue weighted by molar-refractivity contribution is 9.09. The first-order valence-electron chi connectivity index (χ1n) is 45.8. The van der Waals surface area contributed by atoms with Crippen LogP contribution in [0.4, 0.5) is 15.3 Å². The summed E-state index contributed by atoms with van der Waals surface area (Å²) in [4.78, 5) is 121. The van der Waals surface area contributed by atoms with Crippen molar-refractivity contribution < 1.29 is 193 Å². The van der Waals surface area contributed by atoms with Gasteiger partial charge in [0.05, 0.1) is 119 Å². The number of nitrogens with one attached hydrogen (secondary N) is 5. The summed E-state index contributed by atoms with van der Waals surface area (Å²) in [7, 11) is 3.42. The van der Waals surface area contributed by atoms with E-state index in [2.05, 4.69) is 80.7 Å². The van der Waals surface area contributed by atoms with Gasteiger partial charge in [-0.3, -0.25) is 28.9 Å². The molecule has 3 aromatic rings. The number of alkyl halides is 2. The molecule has 0 spiro atoms. The summed E-state index contributed by atoms with van der Waals surface area (Å²) in [5.41, 5.74) is -0.549. The number of ether oxygens (including phenoxy) is 20. The maximum atomic E-state index is 15.6. The standard InChI is InChI=1S/C59H80N4O22S4.C35H33NO12.CH4Cl2O6P2/c1-28(2)60-36-27-77-43(25-39(36)73-8)83-52-50(66)47(63-85-45-24-37(64)53(86-12)31(5)79-45)29(3)80-57(52)82-38-18-16-14-15-17-20-59(71)34(19-21-88-89-87-13)46(38)48(62-58(70)76-11)51(67)54(59)84-44-26-42(49(65)30(4)78-44)81-56(69)33-22-40(74-9)41(75-10)23-35(33)61-55(68)32(6)72-7;1-16-12-19(42-4)14-22-20(16)8-9-23(37)27(22)32(40)45-24-13-18-10-11-35(26-15-43-34(41)46-26)25(48-35)7-5-6-21(18)31(24)47-33-28(36-3)30(39)29(38)17(2)44-33;2-1(3,10(4,5)6)11(7,8)9/h14-15,19,22-23,28-31,36-39,42-45,47,49-50,52-54,57,60,63-66,71H,6,21,24-27H2,1-5,7-13H3,(H,61,68)(H,62,70);6,8-9,12-14,17,24-26,28-31,33,36-39H,15H2,1-4H3;(H2,4,5,6)(H2,7,8,9)/b15-14-,34-19+;21-6+;/t;17-,24-,25-,26-,28-,29+,30-,31-,33-,35+;/m.1./s1. The Hall–Kier alpha value is -8.34. The second-order valence-electron chi connectivity index (χ2n) is 35.1. The van der Waals surface area contributed by atoms with Gasteiger partial charge in [-0.25, -0.2) is 19.2 Å². The zero-order valence-corrected chi connectivity index (χ0v) is 89.1. The van der Waals surface area contributed by atoms with Crippen molar-refractivity contribution in [2.24, 2.45) is 0 Å². The summed E-state index contributed by atoms with van der Waals surface area (Å²) in [5, 5.41) is 93.1. The molecular formula is C95H117Cl2N5O40P2S4. The number of likely N-dealkylation sites (N-methyl/N-ethyl adjacent to an activating group) is 1. The summed E-state index contributed by atoms with van der Waals surface area (Å²) in [5.74, 6) is 20.0. The minimum absolute atomic E-state index is 0.0490. The number of esters is 2. The van der Waals surface area contributed by atoms with Crippen molar-refractivity contribution in [2.75, 3.05) is 86.5 Å². The molecule has 7 heterocycles. The summed E-state index contributed by atoms with van der Waals surface area (Å²) in [6, 6.07) is 7.13. The van der Waals surface area contributed by atoms with Crippen molar-refractivity contribution in [3.63, 3.8) is 0 Å². The first kappa shape index (κ1) is 118. The van der Waals surface area contributed by atoms with Crippen molar-refractivity contribution in [1.82, 2.24) is 21.4 Å². The Labute approximate surface area is 876 Å². The molecule has 53 heteroatoms. The molecule has 0 saturated carbocycles. The van der Waals surface area contributed by atoms with Gasteiger partial charge in [0, 0.05) is 78.0 Å². The number of thioether (sulfide) groups is 1. The third kappa shape index (κ3) is 27.0. The van der Waals surface area contributed by atoms with Crippen LogP contribution in [-0.2, 0) is 104 Å². The number of epoxide rings is 1. The third-order valence-electron chi connectivity index (χ3n) is 25.2. The molecule has 0 aromatic heterocycles. The van der Waals surface area contributed by atoms with E-state index in [9.17, 15) is 68.8 Å². The number of halogens is 2. The molecule has 7 fully saturated rings. The van der Waals surface area contributed by atoms with Crippen LogP contribution >= 0.6 is 81.6 Å². The van der Waals surface area contributed by atoms with Crippen LogP contribution in [-0.4, -0.2) is 358 Å². The minimum Gasteiger partial charge on any atom is -0.507 e. The number of alkyl carbamates (subject to hydrolysis) is 1. The zero-order chi connectivity index (χ0) is 108. The molecule has 7 aliphatic heterocycles. The summed E-state index contributed by atoms with van der Waals surface area (Å²) < 4.78 is 135. The lowest BCUT2D eigenvalue weighted by molar-refractivity contribution is -0.336. The lowest BCUT2D eigenvalue weighted by atomic mass is 9.73. The second kappa shape index (κ2) is 51.1. The van der Waals surface area contributed by atoms with E-state index in [4.69, 9.17) is 142 Å².